The molecule has 0 saturated heterocycles. The molecule has 0 aliphatic heterocycles. The summed E-state index contributed by atoms with van der Waals surface area (Å²) in [6.07, 6.45) is 0. The van der Waals surface area contributed by atoms with Crippen molar-refractivity contribution in [2.24, 2.45) is 5.16 Å². The second-order valence-corrected chi connectivity index (χ2v) is 17.8. The van der Waals surface area contributed by atoms with Gasteiger partial charge in [0, 0.05) is 41.6 Å². The molecule has 177 valence electrons. The zero-order chi connectivity index (χ0) is 24.3. The van der Waals surface area contributed by atoms with E-state index in [1.807, 2.05) is 29.5 Å². The maximum absolute atomic E-state index is 12.9. The Kier molecular flexibility index (Phi) is 20.9. The molecule has 1 aromatic heterocycles. The zero-order valence-electron chi connectivity index (χ0n) is 16.3. The van der Waals surface area contributed by atoms with Gasteiger partial charge in [0.1, 0.15) is 17.3 Å². The van der Waals surface area contributed by atoms with E-state index in [1.54, 1.807) is 6.07 Å². The molecule has 3 rings (SSSR count). The molecule has 1 radical (unpaired) electrons. The number of hydrogen-bond acceptors (Lipinski definition) is 5. The Morgan fingerprint density at radius 2 is 1.56 bits per heavy atom. The number of phenolic OH excluding ortho intramolecular Hbond substituents is 1. The molecular weight excluding hydrogens is 1050 g/mol. The molecule has 0 atom stereocenters. The molecule has 0 aliphatic rings. The van der Waals surface area contributed by atoms with Crippen molar-refractivity contribution < 1.29 is 42.2 Å². The van der Waals surface area contributed by atoms with Crippen molar-refractivity contribution in [1.29, 1.82) is 0 Å². The summed E-state index contributed by atoms with van der Waals surface area (Å²) in [5, 5.41) is 25.2. The molecular formula is C18H15Br2F2I4N2O3V-. The number of phenols is 1. The summed E-state index contributed by atoms with van der Waals surface area (Å²) in [6.45, 7) is 3.32. The van der Waals surface area contributed by atoms with Crippen LogP contribution >= 0.6 is 122 Å². The molecule has 0 fully saturated rings. The first-order valence-electron chi connectivity index (χ1n) is 7.74. The number of aryl methyl sites for hydroxylation is 1. The summed E-state index contributed by atoms with van der Waals surface area (Å²) in [6, 6.07) is 5.28. The van der Waals surface area contributed by atoms with Crippen molar-refractivity contribution in [2.75, 3.05) is 0 Å². The predicted octanol–water partition coefficient (Wildman–Crippen LogP) is 9.32. The van der Waals surface area contributed by atoms with Crippen molar-refractivity contribution in [2.45, 2.75) is 13.8 Å². The summed E-state index contributed by atoms with van der Waals surface area (Å²) in [4.78, 5) is 3.22. The second-order valence-electron chi connectivity index (χ2n) is 5.25. The van der Waals surface area contributed by atoms with Crippen LogP contribution in [0, 0.1) is 23.5 Å². The molecule has 14 heteroatoms. The van der Waals surface area contributed by atoms with Gasteiger partial charge >= 0.3 is 0 Å². The molecule has 5 nitrogen and oxygen atoms in total. The number of oxime groups is 1. The molecule has 0 saturated carbocycles. The minimum atomic E-state index is -0.563. The molecule has 0 spiro atoms. The molecule has 3 aromatic rings. The summed E-state index contributed by atoms with van der Waals surface area (Å²) in [5.41, 5.74) is 1.76. The third-order valence-electron chi connectivity index (χ3n) is 3.27. The van der Waals surface area contributed by atoms with Gasteiger partial charge in [0.15, 0.2) is 5.58 Å². The number of fused-ring (bicyclic) bond motifs is 1. The average molecular weight is 1060 g/mol. The second kappa shape index (κ2) is 18.7. The van der Waals surface area contributed by atoms with Gasteiger partial charge in [0.2, 0.25) is 0 Å². The fourth-order valence-corrected chi connectivity index (χ4v) is 2.62. The van der Waals surface area contributed by atoms with E-state index in [0.29, 0.717) is 10.1 Å². The number of aromatic hydroxyl groups is 1. The monoisotopic (exact) mass is 1060 g/mol. The van der Waals surface area contributed by atoms with E-state index < -0.39 is 5.82 Å². The smallest absolute Gasteiger partial charge is 0.170 e. The molecule has 0 aliphatic carbocycles. The Morgan fingerprint density at radius 1 is 1.09 bits per heavy atom. The summed E-state index contributed by atoms with van der Waals surface area (Å²) in [5.74, 6) is -1.15. The molecule has 2 N–H and O–H groups in total. The van der Waals surface area contributed by atoms with E-state index in [-0.39, 0.29) is 45.9 Å². The Hall–Kier alpha value is 1.50. The maximum Gasteiger partial charge on any atom is 0.170 e. The van der Waals surface area contributed by atoms with Crippen molar-refractivity contribution in [3.05, 3.63) is 61.0 Å². The van der Waals surface area contributed by atoms with Gasteiger partial charge in [-0.1, -0.05) is 78.1 Å². The first kappa shape index (κ1) is 35.7. The summed E-state index contributed by atoms with van der Waals surface area (Å²) in [7, 11) is 0. The topological polar surface area (TPSA) is 78.9 Å². The number of alkyl halides is 3. The van der Waals surface area contributed by atoms with E-state index in [4.69, 9.17) is 9.73 Å². The standard InChI is InChI=1S/C8H7BrFNO2.C8H5BrFNO.CHI3.CH2I.V/c1-4(11-13)5-2-6(9)7(10)3-8(5)12;1-4-5-2-6(9)7(10)3-8(5)12-11-4;2-1(3)4;1-2;/h2-3,12-13H,1H3;2-3H,1H3;1H;1H2;/q;;;-1;/b11-4+;;;;. The van der Waals surface area contributed by atoms with Crippen LogP contribution in [0.15, 0.2) is 42.9 Å². The number of rotatable bonds is 1. The number of halogens is 8. The van der Waals surface area contributed by atoms with E-state index >= 15 is 0 Å². The van der Waals surface area contributed by atoms with Crippen LogP contribution in [0.2, 0.25) is 0 Å². The summed E-state index contributed by atoms with van der Waals surface area (Å²) < 4.78 is 32.0. The van der Waals surface area contributed by atoms with Gasteiger partial charge in [-0.15, -0.1) is 0 Å². The Labute approximate surface area is 268 Å². The fraction of sp³-hybridized carbons (Fsp3) is 0.167. The molecule has 0 amide bonds. The quantitative estimate of drug-likeness (QED) is 0.0637. The first-order chi connectivity index (χ1) is 14.5. The third kappa shape index (κ3) is 12.5. The SMILES string of the molecule is C/C(=N\O)c1cc(Br)c(F)cc1O.Cc1noc2cc(F)c(Br)cc12.IC(I)I.[CH2-]I.[V]. The van der Waals surface area contributed by atoms with E-state index in [0.717, 1.165) is 17.1 Å². The van der Waals surface area contributed by atoms with Crippen molar-refractivity contribution in [3.63, 3.8) is 0 Å². The van der Waals surface area contributed by atoms with Gasteiger partial charge in [-0.05, 0) is 57.8 Å². The van der Waals surface area contributed by atoms with E-state index in [1.165, 1.54) is 19.1 Å². The largest absolute Gasteiger partial charge is 0.507 e. The van der Waals surface area contributed by atoms with E-state index in [2.05, 4.69) is 115 Å². The minimum Gasteiger partial charge on any atom is -0.507 e. The normalized spacial score (nSPS) is 10.2. The Morgan fingerprint density at radius 3 is 2.06 bits per heavy atom. The van der Waals surface area contributed by atoms with Crippen LogP contribution in [0.3, 0.4) is 0 Å². The zero-order valence-corrected chi connectivity index (χ0v) is 29.5. The third-order valence-corrected chi connectivity index (χ3v) is 4.49. The van der Waals surface area contributed by atoms with Crippen LogP contribution < -0.4 is 0 Å². The van der Waals surface area contributed by atoms with E-state index in [9.17, 15) is 13.9 Å². The van der Waals surface area contributed by atoms with Gasteiger partial charge < -0.3 is 37.4 Å². The van der Waals surface area contributed by atoms with Gasteiger partial charge in [-0.25, -0.2) is 8.78 Å². The number of hydrogen-bond donors (Lipinski definition) is 2. The molecule has 0 unspecified atom stereocenters. The number of nitrogens with zero attached hydrogens (tertiary/aromatic N) is 2. The Bertz CT molecular complexity index is 1020. The van der Waals surface area contributed by atoms with Gasteiger partial charge in [-0.3, -0.25) is 4.93 Å². The van der Waals surface area contributed by atoms with Crippen LogP contribution in [0.4, 0.5) is 8.78 Å². The minimum absolute atomic E-state index is 0. The van der Waals surface area contributed by atoms with Gasteiger partial charge in [-0.2, -0.15) is 0 Å². The average Bonchev–Trinajstić information content (AvgIpc) is 3.06. The molecule has 32 heavy (non-hydrogen) atoms. The summed E-state index contributed by atoms with van der Waals surface area (Å²) >= 11 is 14.9. The van der Waals surface area contributed by atoms with Crippen LogP contribution in [0.5, 0.6) is 5.75 Å². The van der Waals surface area contributed by atoms with Gasteiger partial charge in [0.25, 0.3) is 0 Å². The predicted molar refractivity (Wildman–Crippen MR) is 161 cm³/mol. The molecule has 1 heterocycles. The first-order valence-corrected chi connectivity index (χ1v) is 14.6. The molecule has 0 bridgehead atoms. The van der Waals surface area contributed by atoms with Crippen LogP contribution in [-0.2, 0) is 18.6 Å². The van der Waals surface area contributed by atoms with Crippen molar-refractivity contribution >= 4 is 139 Å². The molecule has 2 aromatic carbocycles. The fourth-order valence-electron chi connectivity index (χ4n) is 1.93. The van der Waals surface area contributed by atoms with Crippen LogP contribution in [-0.4, -0.2) is 21.1 Å². The maximum atomic E-state index is 12.9. The van der Waals surface area contributed by atoms with Gasteiger partial charge in [0.05, 0.1) is 20.4 Å². The van der Waals surface area contributed by atoms with Crippen LogP contribution in [0.25, 0.3) is 11.0 Å². The van der Waals surface area contributed by atoms with Crippen molar-refractivity contribution in [1.82, 2.24) is 5.16 Å². The number of aromatic nitrogens is 1. The Balaban J connectivity index is 0. The van der Waals surface area contributed by atoms with Crippen LogP contribution in [0.1, 0.15) is 18.2 Å². The van der Waals surface area contributed by atoms with Crippen molar-refractivity contribution in [3.8, 4) is 5.75 Å². The number of benzene rings is 2.